The minimum absolute atomic E-state index is 0.00733. The second-order valence-electron chi connectivity index (χ2n) is 8.35. The van der Waals surface area contributed by atoms with Crippen molar-refractivity contribution in [1.82, 2.24) is 0 Å². The fraction of sp³-hybridized carbons (Fsp3) is 0.824. The molecule has 0 saturated heterocycles. The first-order valence-electron chi connectivity index (χ1n) is 8.06. The molecule has 23 heavy (non-hydrogen) atoms. The Labute approximate surface area is 160 Å². The van der Waals surface area contributed by atoms with E-state index in [0.29, 0.717) is 6.42 Å². The van der Waals surface area contributed by atoms with Gasteiger partial charge in [-0.2, -0.15) is 0 Å². The first kappa shape index (κ1) is 23.3. The molecule has 3 nitrogen and oxygen atoms in total. The van der Waals surface area contributed by atoms with E-state index in [2.05, 4.69) is 65.7 Å². The van der Waals surface area contributed by atoms with Crippen LogP contribution >= 0.6 is 31.9 Å². The van der Waals surface area contributed by atoms with Crippen LogP contribution in [-0.4, -0.2) is 26.0 Å². The molecule has 0 aromatic carbocycles. The zero-order valence-electron chi connectivity index (χ0n) is 15.8. The maximum absolute atomic E-state index is 11.8. The summed E-state index contributed by atoms with van der Waals surface area (Å²) >= 11 is 6.83. The molecule has 0 radical (unpaired) electrons. The van der Waals surface area contributed by atoms with Crippen molar-refractivity contribution in [2.45, 2.75) is 90.6 Å². The van der Waals surface area contributed by atoms with Crippen molar-refractivity contribution < 1.29 is 14.0 Å². The Morgan fingerprint density at radius 3 is 2.04 bits per heavy atom. The lowest BCUT2D eigenvalue weighted by Crippen LogP contribution is -2.43. The number of carbonyl (C=O) groups is 1. The zero-order chi connectivity index (χ0) is 18.5. The van der Waals surface area contributed by atoms with Crippen molar-refractivity contribution >= 4 is 46.1 Å². The highest BCUT2D eigenvalue weighted by atomic mass is 79.9. The molecule has 1 atom stereocenters. The van der Waals surface area contributed by atoms with E-state index in [1.165, 1.54) is 0 Å². The van der Waals surface area contributed by atoms with Crippen LogP contribution in [0.2, 0.25) is 18.1 Å². The van der Waals surface area contributed by atoms with Gasteiger partial charge in [0, 0.05) is 6.42 Å². The van der Waals surface area contributed by atoms with Gasteiger partial charge in [-0.3, -0.25) is 4.79 Å². The highest BCUT2D eigenvalue weighted by molar-refractivity contribution is 9.28. The Morgan fingerprint density at radius 1 is 1.13 bits per heavy atom. The molecule has 0 amide bonds. The summed E-state index contributed by atoms with van der Waals surface area (Å²) < 4.78 is 12.7. The number of ether oxygens (including phenoxy) is 1. The lowest BCUT2D eigenvalue weighted by Gasteiger charge is -2.38. The molecule has 0 heterocycles. The molecular weight excluding hydrogens is 440 g/mol. The van der Waals surface area contributed by atoms with Gasteiger partial charge in [0.2, 0.25) is 0 Å². The number of carbonyl (C=O) groups excluding carboxylic acids is 1. The third-order valence-electron chi connectivity index (χ3n) is 3.85. The summed E-state index contributed by atoms with van der Waals surface area (Å²) in [7, 11) is -1.85. The van der Waals surface area contributed by atoms with E-state index in [4.69, 9.17) is 9.16 Å². The largest absolute Gasteiger partial charge is 0.460 e. The number of hydrogen-bond donors (Lipinski definition) is 0. The lowest BCUT2D eigenvalue weighted by atomic mass is 10.1. The Kier molecular flexibility index (Phi) is 9.30. The van der Waals surface area contributed by atoms with Gasteiger partial charge in [0.15, 0.2) is 8.32 Å². The topological polar surface area (TPSA) is 35.5 Å². The molecule has 0 aliphatic rings. The molecule has 0 bridgehead atoms. The van der Waals surface area contributed by atoms with Crippen molar-refractivity contribution in [2.75, 3.05) is 0 Å². The van der Waals surface area contributed by atoms with Crippen molar-refractivity contribution in [1.29, 1.82) is 0 Å². The van der Waals surface area contributed by atoms with E-state index >= 15 is 0 Å². The Bertz CT molecular complexity index is 417. The van der Waals surface area contributed by atoms with Gasteiger partial charge in [0.1, 0.15) is 5.60 Å². The normalized spacial score (nSPS) is 14.3. The molecule has 0 N–H and O–H groups in total. The summed E-state index contributed by atoms with van der Waals surface area (Å²) in [5, 5.41) is 0.156. The van der Waals surface area contributed by atoms with Crippen molar-refractivity contribution in [2.24, 2.45) is 0 Å². The molecule has 0 aliphatic heterocycles. The quantitative estimate of drug-likeness (QED) is 0.313. The number of halogens is 2. The minimum Gasteiger partial charge on any atom is -0.460 e. The average Bonchev–Trinajstić information content (AvgIpc) is 2.22. The molecule has 0 spiro atoms. The van der Waals surface area contributed by atoms with E-state index in [0.717, 1.165) is 16.2 Å². The standard InChI is InChI=1S/C17H32Br2O3Si/c1-16(2,3)21-15(20)11-9-10-13(12-14(18)19)22-23(7,8)17(4,5)6/h12-13H,9-11H2,1-8H3/t13-/m0/s1. The summed E-state index contributed by atoms with van der Waals surface area (Å²) in [5.74, 6) is -0.148. The fourth-order valence-electron chi connectivity index (χ4n) is 1.71. The van der Waals surface area contributed by atoms with E-state index in [1.807, 2.05) is 26.8 Å². The zero-order valence-corrected chi connectivity index (χ0v) is 19.9. The van der Waals surface area contributed by atoms with Crippen LogP contribution in [0.15, 0.2) is 9.47 Å². The molecular formula is C17H32Br2O3Si. The van der Waals surface area contributed by atoms with E-state index < -0.39 is 13.9 Å². The van der Waals surface area contributed by atoms with Gasteiger partial charge in [-0.25, -0.2) is 0 Å². The van der Waals surface area contributed by atoms with Gasteiger partial charge in [-0.05, 0) is 89.7 Å². The van der Waals surface area contributed by atoms with Gasteiger partial charge in [-0.1, -0.05) is 20.8 Å². The van der Waals surface area contributed by atoms with Crippen molar-refractivity contribution in [3.8, 4) is 0 Å². The highest BCUT2D eigenvalue weighted by Gasteiger charge is 2.38. The predicted octanol–water partition coefficient (Wildman–Crippen LogP) is 6.52. The van der Waals surface area contributed by atoms with E-state index in [1.54, 1.807) is 0 Å². The fourth-order valence-corrected chi connectivity index (χ4v) is 3.60. The number of esters is 1. The van der Waals surface area contributed by atoms with Crippen molar-refractivity contribution in [3.63, 3.8) is 0 Å². The molecule has 0 saturated carbocycles. The van der Waals surface area contributed by atoms with Gasteiger partial charge < -0.3 is 9.16 Å². The third kappa shape index (κ3) is 10.7. The SMILES string of the molecule is CC(C)(C)OC(=O)CCC[C@@H](C=C(Br)Br)O[Si](C)(C)C(C)(C)C. The predicted molar refractivity (Wildman–Crippen MR) is 108 cm³/mol. The molecule has 0 aromatic rings. The van der Waals surface area contributed by atoms with Gasteiger partial charge in [0.25, 0.3) is 0 Å². The Hall–Kier alpha value is 0.347. The van der Waals surface area contributed by atoms with E-state index in [9.17, 15) is 4.79 Å². The maximum atomic E-state index is 11.8. The van der Waals surface area contributed by atoms with E-state index in [-0.39, 0.29) is 17.1 Å². The minimum atomic E-state index is -1.85. The first-order valence-corrected chi connectivity index (χ1v) is 12.6. The molecule has 136 valence electrons. The summed E-state index contributed by atoms with van der Waals surface area (Å²) in [6.07, 6.45) is 3.98. The van der Waals surface area contributed by atoms with Gasteiger partial charge >= 0.3 is 5.97 Å². The molecule has 0 aliphatic carbocycles. The van der Waals surface area contributed by atoms with Crippen LogP contribution in [0.4, 0.5) is 0 Å². The van der Waals surface area contributed by atoms with Gasteiger partial charge in [-0.15, -0.1) is 0 Å². The van der Waals surface area contributed by atoms with Gasteiger partial charge in [0.05, 0.1) is 9.50 Å². The number of rotatable bonds is 7. The molecule has 6 heteroatoms. The monoisotopic (exact) mass is 470 g/mol. The summed E-state index contributed by atoms with van der Waals surface area (Å²) in [6, 6.07) is 0. The average molecular weight is 472 g/mol. The van der Waals surface area contributed by atoms with Crippen molar-refractivity contribution in [3.05, 3.63) is 9.47 Å². The Morgan fingerprint density at radius 2 is 1.65 bits per heavy atom. The maximum Gasteiger partial charge on any atom is 0.306 e. The second-order valence-corrected chi connectivity index (χ2v) is 15.9. The smallest absolute Gasteiger partial charge is 0.306 e. The molecule has 0 fully saturated rings. The summed E-state index contributed by atoms with van der Waals surface area (Å²) in [6.45, 7) is 16.8. The third-order valence-corrected chi connectivity index (χ3v) is 8.89. The molecule has 0 aromatic heterocycles. The Balaban J connectivity index is 4.66. The summed E-state index contributed by atoms with van der Waals surface area (Å²) in [4.78, 5) is 11.8. The highest BCUT2D eigenvalue weighted by Crippen LogP contribution is 2.38. The number of hydrogen-bond acceptors (Lipinski definition) is 3. The van der Waals surface area contributed by atoms with Crippen LogP contribution in [0.3, 0.4) is 0 Å². The van der Waals surface area contributed by atoms with Crippen LogP contribution in [0.5, 0.6) is 0 Å². The van der Waals surface area contributed by atoms with Crippen LogP contribution in [-0.2, 0) is 14.0 Å². The lowest BCUT2D eigenvalue weighted by molar-refractivity contribution is -0.154. The van der Waals surface area contributed by atoms with Crippen LogP contribution in [0.1, 0.15) is 60.8 Å². The van der Waals surface area contributed by atoms with Crippen LogP contribution in [0, 0.1) is 0 Å². The van der Waals surface area contributed by atoms with Crippen LogP contribution in [0.25, 0.3) is 0 Å². The second kappa shape index (κ2) is 9.16. The summed E-state index contributed by atoms with van der Waals surface area (Å²) in [5.41, 5.74) is -0.424. The first-order chi connectivity index (χ1) is 10.1. The molecule has 0 rings (SSSR count). The van der Waals surface area contributed by atoms with Crippen LogP contribution < -0.4 is 0 Å². The molecule has 0 unspecified atom stereocenters.